The van der Waals surface area contributed by atoms with Crippen molar-refractivity contribution in [3.05, 3.63) is 63.4 Å². The standard InChI is InChI=1S/C26H31Cl2N5O2/c1-3-4-23(31-26(34)20(18-29)17-24-22(27)9-10-25(28)30-24)19-5-7-21(8-6-19)35-16-15-33-13-11-32(2)12-14-33/h5-10,17,23H,3-4,11-16H2,1-2H3,(H,31,34)/b20-17+. The lowest BCUT2D eigenvalue weighted by atomic mass is 10.0. The third-order valence-corrected chi connectivity index (χ3v) is 6.45. The van der Waals surface area contributed by atoms with Gasteiger partial charge in [-0.15, -0.1) is 0 Å². The number of halogens is 2. The Bertz CT molecular complexity index is 1060. The lowest BCUT2D eigenvalue weighted by Crippen LogP contribution is -2.45. The van der Waals surface area contributed by atoms with Crippen LogP contribution >= 0.6 is 23.2 Å². The number of pyridine rings is 1. The molecule has 1 aromatic heterocycles. The van der Waals surface area contributed by atoms with Crippen LogP contribution in [-0.2, 0) is 4.79 Å². The number of hydrogen-bond acceptors (Lipinski definition) is 6. The Morgan fingerprint density at radius 3 is 2.57 bits per heavy atom. The van der Waals surface area contributed by atoms with Crippen molar-refractivity contribution >= 4 is 35.2 Å². The molecule has 1 amide bonds. The van der Waals surface area contributed by atoms with E-state index in [-0.39, 0.29) is 22.5 Å². The number of piperazine rings is 1. The molecule has 1 atom stereocenters. The summed E-state index contributed by atoms with van der Waals surface area (Å²) in [6.07, 6.45) is 2.94. The molecule has 1 aliphatic rings. The van der Waals surface area contributed by atoms with E-state index in [1.165, 1.54) is 6.08 Å². The maximum absolute atomic E-state index is 12.9. The maximum atomic E-state index is 12.9. The topological polar surface area (TPSA) is 81.5 Å². The van der Waals surface area contributed by atoms with E-state index < -0.39 is 5.91 Å². The van der Waals surface area contributed by atoms with Crippen LogP contribution in [-0.4, -0.2) is 67.1 Å². The van der Waals surface area contributed by atoms with E-state index in [2.05, 4.69) is 27.1 Å². The van der Waals surface area contributed by atoms with Crippen molar-refractivity contribution in [2.75, 3.05) is 46.4 Å². The van der Waals surface area contributed by atoms with Crippen LogP contribution in [0.15, 0.2) is 42.0 Å². The van der Waals surface area contributed by atoms with Crippen molar-refractivity contribution in [1.29, 1.82) is 5.26 Å². The van der Waals surface area contributed by atoms with Gasteiger partial charge in [-0.05, 0) is 49.4 Å². The van der Waals surface area contributed by atoms with Crippen molar-refractivity contribution in [2.24, 2.45) is 0 Å². The number of carbonyl (C=O) groups excluding carboxylic acids is 1. The Labute approximate surface area is 217 Å². The molecule has 1 aromatic carbocycles. The number of nitriles is 1. The van der Waals surface area contributed by atoms with Crippen molar-refractivity contribution in [1.82, 2.24) is 20.1 Å². The summed E-state index contributed by atoms with van der Waals surface area (Å²) in [6, 6.07) is 12.6. The maximum Gasteiger partial charge on any atom is 0.262 e. The minimum atomic E-state index is -0.490. The van der Waals surface area contributed by atoms with Gasteiger partial charge >= 0.3 is 0 Å². The van der Waals surface area contributed by atoms with E-state index in [0.717, 1.165) is 56.9 Å². The lowest BCUT2D eigenvalue weighted by Gasteiger charge is -2.32. The highest BCUT2D eigenvalue weighted by atomic mass is 35.5. The summed E-state index contributed by atoms with van der Waals surface area (Å²) < 4.78 is 5.93. The summed E-state index contributed by atoms with van der Waals surface area (Å²) in [6.45, 7) is 7.89. The summed E-state index contributed by atoms with van der Waals surface area (Å²) in [4.78, 5) is 21.7. The van der Waals surface area contributed by atoms with Gasteiger partial charge in [0.1, 0.15) is 29.2 Å². The first-order chi connectivity index (χ1) is 16.9. The SMILES string of the molecule is CCCC(NC(=O)/C(C#N)=C/c1nc(Cl)ccc1Cl)c1ccc(OCCN2CCN(C)CC2)cc1. The Balaban J connectivity index is 1.61. The normalized spacial score (nSPS) is 15.9. The molecule has 0 radical (unpaired) electrons. The Kier molecular flexibility index (Phi) is 10.4. The van der Waals surface area contributed by atoms with Crippen LogP contribution in [0.5, 0.6) is 5.75 Å². The number of amides is 1. The highest BCUT2D eigenvalue weighted by Crippen LogP contribution is 2.23. The molecule has 1 fully saturated rings. The second kappa shape index (κ2) is 13.5. The number of nitrogens with one attached hydrogen (secondary N) is 1. The van der Waals surface area contributed by atoms with E-state index in [1.807, 2.05) is 37.3 Å². The molecule has 0 bridgehead atoms. The third kappa shape index (κ3) is 8.22. The molecule has 186 valence electrons. The molecule has 1 N–H and O–H groups in total. The molecule has 0 spiro atoms. The zero-order valence-corrected chi connectivity index (χ0v) is 21.6. The molecule has 2 heterocycles. The minimum Gasteiger partial charge on any atom is -0.492 e. The molecular weight excluding hydrogens is 485 g/mol. The fourth-order valence-electron chi connectivity index (χ4n) is 3.83. The molecule has 9 heteroatoms. The van der Waals surface area contributed by atoms with Gasteiger partial charge in [-0.25, -0.2) is 4.98 Å². The smallest absolute Gasteiger partial charge is 0.262 e. The van der Waals surface area contributed by atoms with Gasteiger partial charge < -0.3 is 15.0 Å². The molecule has 7 nitrogen and oxygen atoms in total. The van der Waals surface area contributed by atoms with Gasteiger partial charge in [0.05, 0.1) is 16.8 Å². The third-order valence-electron chi connectivity index (χ3n) is 5.92. The van der Waals surface area contributed by atoms with Crippen LogP contribution in [0.2, 0.25) is 10.2 Å². The van der Waals surface area contributed by atoms with E-state index in [4.69, 9.17) is 27.9 Å². The quantitative estimate of drug-likeness (QED) is 0.283. The van der Waals surface area contributed by atoms with Crippen LogP contribution in [0.4, 0.5) is 0 Å². The second-order valence-electron chi connectivity index (χ2n) is 8.55. The fourth-order valence-corrected chi connectivity index (χ4v) is 4.14. The predicted octanol–water partition coefficient (Wildman–Crippen LogP) is 4.58. The molecule has 1 aliphatic heterocycles. The number of ether oxygens (including phenoxy) is 1. The van der Waals surface area contributed by atoms with Gasteiger partial charge in [-0.1, -0.05) is 48.7 Å². The van der Waals surface area contributed by atoms with Gasteiger partial charge in [-0.3, -0.25) is 9.69 Å². The van der Waals surface area contributed by atoms with Crippen LogP contribution in [0.3, 0.4) is 0 Å². The van der Waals surface area contributed by atoms with Crippen molar-refractivity contribution < 1.29 is 9.53 Å². The first kappa shape index (κ1) is 27.0. The van der Waals surface area contributed by atoms with E-state index in [0.29, 0.717) is 11.6 Å². The largest absolute Gasteiger partial charge is 0.492 e. The first-order valence-corrected chi connectivity index (χ1v) is 12.5. The monoisotopic (exact) mass is 515 g/mol. The summed E-state index contributed by atoms with van der Waals surface area (Å²) in [7, 11) is 2.15. The second-order valence-corrected chi connectivity index (χ2v) is 9.34. The van der Waals surface area contributed by atoms with Crippen LogP contribution in [0.25, 0.3) is 6.08 Å². The molecule has 0 saturated carbocycles. The zero-order chi connectivity index (χ0) is 25.2. The number of benzene rings is 1. The Morgan fingerprint density at radius 2 is 1.91 bits per heavy atom. The molecule has 1 unspecified atom stereocenters. The number of carbonyl (C=O) groups is 1. The zero-order valence-electron chi connectivity index (χ0n) is 20.1. The summed E-state index contributed by atoms with van der Waals surface area (Å²) in [5.74, 6) is 0.306. The first-order valence-electron chi connectivity index (χ1n) is 11.8. The van der Waals surface area contributed by atoms with Crippen molar-refractivity contribution in [3.8, 4) is 11.8 Å². The molecule has 0 aliphatic carbocycles. The summed E-state index contributed by atoms with van der Waals surface area (Å²) in [5.41, 5.74) is 1.13. The Morgan fingerprint density at radius 1 is 1.20 bits per heavy atom. The minimum absolute atomic E-state index is 0.0911. The number of likely N-dealkylation sites (N-methyl/N-ethyl adjacent to an activating group) is 1. The highest BCUT2D eigenvalue weighted by Gasteiger charge is 2.18. The van der Waals surface area contributed by atoms with E-state index in [9.17, 15) is 10.1 Å². The fraction of sp³-hybridized carbons (Fsp3) is 0.423. The molecule has 1 saturated heterocycles. The van der Waals surface area contributed by atoms with E-state index >= 15 is 0 Å². The van der Waals surface area contributed by atoms with Gasteiger partial charge in [0.2, 0.25) is 0 Å². The van der Waals surface area contributed by atoms with Gasteiger partial charge in [0, 0.05) is 32.7 Å². The average Bonchev–Trinajstić information content (AvgIpc) is 2.86. The summed E-state index contributed by atoms with van der Waals surface area (Å²) >= 11 is 12.1. The summed E-state index contributed by atoms with van der Waals surface area (Å²) in [5, 5.41) is 13.1. The number of aromatic nitrogens is 1. The van der Waals surface area contributed by atoms with Crippen molar-refractivity contribution in [2.45, 2.75) is 25.8 Å². The molecule has 3 rings (SSSR count). The predicted molar refractivity (Wildman–Crippen MR) is 140 cm³/mol. The number of nitrogens with zero attached hydrogens (tertiary/aromatic N) is 4. The number of hydrogen-bond donors (Lipinski definition) is 1. The Hall–Kier alpha value is -2.63. The molecule has 35 heavy (non-hydrogen) atoms. The highest BCUT2D eigenvalue weighted by molar-refractivity contribution is 6.33. The van der Waals surface area contributed by atoms with Crippen molar-refractivity contribution in [3.63, 3.8) is 0 Å². The van der Waals surface area contributed by atoms with Gasteiger partial charge in [-0.2, -0.15) is 5.26 Å². The van der Waals surface area contributed by atoms with Gasteiger partial charge in [0.15, 0.2) is 0 Å². The average molecular weight is 516 g/mol. The molecule has 2 aromatic rings. The van der Waals surface area contributed by atoms with Gasteiger partial charge in [0.25, 0.3) is 5.91 Å². The van der Waals surface area contributed by atoms with Crippen LogP contribution in [0.1, 0.15) is 37.1 Å². The van der Waals surface area contributed by atoms with Crippen LogP contribution < -0.4 is 10.1 Å². The number of rotatable bonds is 10. The van der Waals surface area contributed by atoms with Crippen LogP contribution in [0, 0.1) is 11.3 Å². The molecular formula is C26H31Cl2N5O2. The lowest BCUT2D eigenvalue weighted by molar-refractivity contribution is -0.117. The van der Waals surface area contributed by atoms with E-state index in [1.54, 1.807) is 12.1 Å².